The number of hydrogen-bond donors (Lipinski definition) is 1. The number of hydrogen-bond acceptors (Lipinski definition) is 2. The summed E-state index contributed by atoms with van der Waals surface area (Å²) in [5.74, 6) is -4.77. The Morgan fingerprint density at radius 1 is 1.05 bits per heavy atom. The van der Waals surface area contributed by atoms with Gasteiger partial charge < -0.3 is 10.0 Å². The second-order valence-electron chi connectivity index (χ2n) is 6.00. The number of carboxylic acids is 1. The Morgan fingerprint density at radius 2 is 1.71 bits per heavy atom. The minimum absolute atomic E-state index is 0.00386. The van der Waals surface area contributed by atoms with E-state index in [4.69, 9.17) is 5.11 Å². The summed E-state index contributed by atoms with van der Waals surface area (Å²) in [4.78, 5) is 24.7. The van der Waals surface area contributed by atoms with Crippen LogP contribution in [0.15, 0.2) is 0 Å². The van der Waals surface area contributed by atoms with E-state index in [-0.39, 0.29) is 19.4 Å². The first-order valence-corrected chi connectivity index (χ1v) is 7.39. The van der Waals surface area contributed by atoms with E-state index in [1.165, 1.54) is 4.90 Å². The summed E-state index contributed by atoms with van der Waals surface area (Å²) in [5.41, 5.74) is 0. The van der Waals surface area contributed by atoms with Gasteiger partial charge in [-0.15, -0.1) is 0 Å². The maximum absolute atomic E-state index is 13.1. The third-order valence-corrected chi connectivity index (χ3v) is 4.59. The maximum atomic E-state index is 13.1. The smallest absolute Gasteiger partial charge is 0.392 e. The molecule has 1 saturated carbocycles. The minimum Gasteiger partial charge on any atom is -0.481 e. The molecule has 3 atom stereocenters. The van der Waals surface area contributed by atoms with Crippen molar-refractivity contribution in [1.29, 1.82) is 0 Å². The van der Waals surface area contributed by atoms with Gasteiger partial charge in [-0.25, -0.2) is 0 Å². The molecule has 2 aliphatic rings. The molecule has 4 nitrogen and oxygen atoms in total. The molecule has 1 aliphatic heterocycles. The topological polar surface area (TPSA) is 57.6 Å². The van der Waals surface area contributed by atoms with Crippen molar-refractivity contribution in [3.8, 4) is 0 Å². The lowest BCUT2D eigenvalue weighted by Crippen LogP contribution is -2.49. The Balaban J connectivity index is 2.08. The van der Waals surface area contributed by atoms with Crippen LogP contribution in [0.25, 0.3) is 0 Å². The van der Waals surface area contributed by atoms with Crippen molar-refractivity contribution < 1.29 is 27.9 Å². The van der Waals surface area contributed by atoms with Gasteiger partial charge in [-0.2, -0.15) is 13.2 Å². The van der Waals surface area contributed by atoms with E-state index < -0.39 is 35.8 Å². The number of carboxylic acid groups (broad SMARTS) is 1. The maximum Gasteiger partial charge on any atom is 0.392 e. The Morgan fingerprint density at radius 3 is 2.33 bits per heavy atom. The van der Waals surface area contributed by atoms with Gasteiger partial charge in [0.15, 0.2) is 0 Å². The van der Waals surface area contributed by atoms with Crippen molar-refractivity contribution in [2.75, 3.05) is 13.1 Å². The van der Waals surface area contributed by atoms with E-state index in [0.717, 1.165) is 0 Å². The number of carbonyl (C=O) groups is 2. The van der Waals surface area contributed by atoms with Crippen molar-refractivity contribution in [2.45, 2.75) is 44.7 Å². The van der Waals surface area contributed by atoms with Crippen LogP contribution in [0.3, 0.4) is 0 Å². The summed E-state index contributed by atoms with van der Waals surface area (Å²) >= 11 is 0. The van der Waals surface area contributed by atoms with Gasteiger partial charge >= 0.3 is 12.1 Å². The summed E-state index contributed by atoms with van der Waals surface area (Å²) in [7, 11) is 0. The van der Waals surface area contributed by atoms with Gasteiger partial charge in [-0.05, 0) is 25.7 Å². The minimum atomic E-state index is -4.36. The zero-order chi connectivity index (χ0) is 15.6. The van der Waals surface area contributed by atoms with Gasteiger partial charge in [-0.3, -0.25) is 9.59 Å². The van der Waals surface area contributed by atoms with Crippen LogP contribution >= 0.6 is 0 Å². The van der Waals surface area contributed by atoms with Crippen molar-refractivity contribution in [3.63, 3.8) is 0 Å². The molecule has 1 aliphatic carbocycles. The average molecular weight is 307 g/mol. The average Bonchev–Trinajstić information content (AvgIpc) is 2.45. The number of aliphatic carboxylic acids is 1. The predicted molar refractivity (Wildman–Crippen MR) is 68.4 cm³/mol. The van der Waals surface area contributed by atoms with Gasteiger partial charge in [0.05, 0.1) is 11.8 Å². The van der Waals surface area contributed by atoms with Crippen LogP contribution < -0.4 is 0 Å². The number of amides is 1. The molecule has 1 N–H and O–H groups in total. The molecule has 0 aromatic heterocycles. The Labute approximate surface area is 121 Å². The molecule has 7 heteroatoms. The highest BCUT2D eigenvalue weighted by Crippen LogP contribution is 2.42. The first kappa shape index (κ1) is 16.1. The molecular formula is C14H20F3NO3. The van der Waals surface area contributed by atoms with Crippen LogP contribution in [0.4, 0.5) is 13.2 Å². The predicted octanol–water partition coefficient (Wildman–Crippen LogP) is 2.68. The largest absolute Gasteiger partial charge is 0.481 e. The van der Waals surface area contributed by atoms with Crippen LogP contribution in [0.5, 0.6) is 0 Å². The third kappa shape index (κ3) is 3.68. The summed E-state index contributed by atoms with van der Waals surface area (Å²) in [6.45, 7) is 0.402. The Kier molecular flexibility index (Phi) is 4.78. The molecule has 0 aromatic carbocycles. The fourth-order valence-electron chi connectivity index (χ4n) is 3.43. The quantitative estimate of drug-likeness (QED) is 0.853. The van der Waals surface area contributed by atoms with Crippen molar-refractivity contribution in [2.24, 2.45) is 17.8 Å². The molecule has 0 radical (unpaired) electrons. The van der Waals surface area contributed by atoms with Crippen molar-refractivity contribution >= 4 is 11.9 Å². The lowest BCUT2D eigenvalue weighted by atomic mass is 9.77. The monoisotopic (exact) mass is 307 g/mol. The SMILES string of the molecule is O=C(O)[C@@H]1CCCN(C(=O)C2CCCCC2C(F)(F)F)C1. The molecule has 1 heterocycles. The molecule has 0 aromatic rings. The lowest BCUT2D eigenvalue weighted by Gasteiger charge is -2.38. The van der Waals surface area contributed by atoms with Crippen LogP contribution in [0.1, 0.15) is 38.5 Å². The normalized spacial score (nSPS) is 31.0. The number of likely N-dealkylation sites (tertiary alicyclic amines) is 1. The number of nitrogens with zero attached hydrogens (tertiary/aromatic N) is 1. The fourth-order valence-corrected chi connectivity index (χ4v) is 3.43. The van der Waals surface area contributed by atoms with Gasteiger partial charge in [0, 0.05) is 19.0 Å². The number of halogens is 3. The van der Waals surface area contributed by atoms with Crippen LogP contribution in [-0.2, 0) is 9.59 Å². The molecule has 120 valence electrons. The molecule has 0 spiro atoms. The van der Waals surface area contributed by atoms with E-state index >= 15 is 0 Å². The van der Waals surface area contributed by atoms with Gasteiger partial charge in [-0.1, -0.05) is 12.8 Å². The van der Waals surface area contributed by atoms with E-state index in [0.29, 0.717) is 32.2 Å². The lowest BCUT2D eigenvalue weighted by molar-refractivity contribution is -0.201. The van der Waals surface area contributed by atoms with E-state index in [1.807, 2.05) is 0 Å². The van der Waals surface area contributed by atoms with Gasteiger partial charge in [0.2, 0.25) is 5.91 Å². The molecule has 2 unspecified atom stereocenters. The second kappa shape index (κ2) is 6.23. The van der Waals surface area contributed by atoms with Crippen LogP contribution in [0, 0.1) is 17.8 Å². The molecule has 1 amide bonds. The van der Waals surface area contributed by atoms with E-state index in [9.17, 15) is 22.8 Å². The number of alkyl halides is 3. The highest BCUT2D eigenvalue weighted by Gasteiger charge is 2.49. The first-order valence-electron chi connectivity index (χ1n) is 7.39. The summed E-state index contributed by atoms with van der Waals surface area (Å²) < 4.78 is 39.2. The molecular weight excluding hydrogens is 287 g/mol. The molecule has 2 fully saturated rings. The highest BCUT2D eigenvalue weighted by molar-refractivity contribution is 5.80. The second-order valence-corrected chi connectivity index (χ2v) is 6.00. The van der Waals surface area contributed by atoms with Gasteiger partial charge in [0.25, 0.3) is 0 Å². The number of rotatable bonds is 2. The zero-order valence-electron chi connectivity index (χ0n) is 11.7. The van der Waals surface area contributed by atoms with Crippen molar-refractivity contribution in [3.05, 3.63) is 0 Å². The summed E-state index contributed by atoms with van der Waals surface area (Å²) in [6.07, 6.45) is -1.99. The third-order valence-electron chi connectivity index (χ3n) is 4.59. The molecule has 21 heavy (non-hydrogen) atoms. The number of piperidine rings is 1. The zero-order valence-corrected chi connectivity index (χ0v) is 11.7. The van der Waals surface area contributed by atoms with Crippen molar-refractivity contribution in [1.82, 2.24) is 4.90 Å². The molecule has 1 saturated heterocycles. The summed E-state index contributed by atoms with van der Waals surface area (Å²) in [6, 6.07) is 0. The van der Waals surface area contributed by atoms with Gasteiger partial charge in [0.1, 0.15) is 0 Å². The molecule has 0 bridgehead atoms. The fraction of sp³-hybridized carbons (Fsp3) is 0.857. The van der Waals surface area contributed by atoms with E-state index in [2.05, 4.69) is 0 Å². The highest BCUT2D eigenvalue weighted by atomic mass is 19.4. The van der Waals surface area contributed by atoms with Crippen LogP contribution in [0.2, 0.25) is 0 Å². The molecule has 2 rings (SSSR count). The standard InChI is InChI=1S/C14H20F3NO3/c15-14(16,17)11-6-2-1-5-10(11)12(19)18-7-3-4-9(8-18)13(20)21/h9-11H,1-8H2,(H,20,21)/t9-,10?,11?/m1/s1. The summed E-state index contributed by atoms with van der Waals surface area (Å²) in [5, 5.41) is 9.01. The van der Waals surface area contributed by atoms with Crippen LogP contribution in [-0.4, -0.2) is 41.1 Å². The first-order chi connectivity index (χ1) is 9.80. The Bertz CT molecular complexity index is 411. The van der Waals surface area contributed by atoms with E-state index in [1.54, 1.807) is 0 Å². The Hall–Kier alpha value is -1.27. The number of carbonyl (C=O) groups excluding carboxylic acids is 1.